The van der Waals surface area contributed by atoms with E-state index in [1.54, 1.807) is 20.3 Å². The smallest absolute Gasteiger partial charge is 0.164 e. The standard InChI is InChI=1S/C22H34O3/c1-5-7-8-9-10-11-12-13-15-20(23)18-16-17-21(24-3)22(25-4)19(18)14-6-2/h6,16-17H,2,5,7-15H2,1,3-4H3. The molecule has 3 heteroatoms. The van der Waals surface area contributed by atoms with E-state index in [4.69, 9.17) is 9.47 Å². The second-order valence-corrected chi connectivity index (χ2v) is 6.47. The van der Waals surface area contributed by atoms with Gasteiger partial charge >= 0.3 is 0 Å². The van der Waals surface area contributed by atoms with Crippen LogP contribution in [0.4, 0.5) is 0 Å². The fourth-order valence-corrected chi connectivity index (χ4v) is 3.15. The van der Waals surface area contributed by atoms with Gasteiger partial charge in [0.05, 0.1) is 14.2 Å². The number of carbonyl (C=O) groups is 1. The van der Waals surface area contributed by atoms with Gasteiger partial charge in [-0.1, -0.05) is 57.9 Å². The molecule has 140 valence electrons. The van der Waals surface area contributed by atoms with Crippen LogP contribution in [0.15, 0.2) is 24.8 Å². The highest BCUT2D eigenvalue weighted by Gasteiger charge is 2.18. The predicted octanol–water partition coefficient (Wildman–Crippen LogP) is 6.15. The molecule has 1 aromatic rings. The van der Waals surface area contributed by atoms with Gasteiger partial charge in [0, 0.05) is 17.5 Å². The van der Waals surface area contributed by atoms with Gasteiger partial charge in [0.1, 0.15) is 0 Å². The van der Waals surface area contributed by atoms with Crippen LogP contribution in [0.2, 0.25) is 0 Å². The first kappa shape index (κ1) is 21.3. The lowest BCUT2D eigenvalue weighted by Crippen LogP contribution is -2.06. The van der Waals surface area contributed by atoms with E-state index in [2.05, 4.69) is 13.5 Å². The molecule has 1 rings (SSSR count). The Labute approximate surface area is 153 Å². The number of carbonyl (C=O) groups excluding carboxylic acids is 1. The molecule has 0 bridgehead atoms. The second-order valence-electron chi connectivity index (χ2n) is 6.47. The summed E-state index contributed by atoms with van der Waals surface area (Å²) < 4.78 is 10.8. The number of unbranched alkanes of at least 4 members (excludes halogenated alkanes) is 7. The summed E-state index contributed by atoms with van der Waals surface area (Å²) in [6, 6.07) is 3.67. The highest BCUT2D eigenvalue weighted by atomic mass is 16.5. The van der Waals surface area contributed by atoms with Crippen LogP contribution in [-0.2, 0) is 6.42 Å². The minimum Gasteiger partial charge on any atom is -0.493 e. The first-order valence-corrected chi connectivity index (χ1v) is 9.57. The Morgan fingerprint density at radius 2 is 1.64 bits per heavy atom. The van der Waals surface area contributed by atoms with Crippen molar-refractivity contribution in [1.29, 1.82) is 0 Å². The first-order chi connectivity index (χ1) is 12.2. The molecule has 0 spiro atoms. The van der Waals surface area contributed by atoms with E-state index in [9.17, 15) is 4.79 Å². The van der Waals surface area contributed by atoms with Gasteiger partial charge in [-0.3, -0.25) is 4.79 Å². The maximum absolute atomic E-state index is 12.7. The summed E-state index contributed by atoms with van der Waals surface area (Å²) in [5.41, 5.74) is 1.61. The number of hydrogen-bond acceptors (Lipinski definition) is 3. The molecule has 25 heavy (non-hydrogen) atoms. The SMILES string of the molecule is C=CCc1c(C(=O)CCCCCCCCCC)ccc(OC)c1OC. The van der Waals surface area contributed by atoms with E-state index in [1.807, 2.05) is 12.1 Å². The average Bonchev–Trinajstić information content (AvgIpc) is 2.63. The summed E-state index contributed by atoms with van der Waals surface area (Å²) in [5, 5.41) is 0. The van der Waals surface area contributed by atoms with E-state index in [1.165, 1.54) is 38.5 Å². The van der Waals surface area contributed by atoms with Gasteiger partial charge in [0.2, 0.25) is 0 Å². The number of methoxy groups -OCH3 is 2. The molecular weight excluding hydrogens is 312 g/mol. The third-order valence-electron chi connectivity index (χ3n) is 4.55. The van der Waals surface area contributed by atoms with Gasteiger partial charge in [0.25, 0.3) is 0 Å². The normalized spacial score (nSPS) is 10.5. The van der Waals surface area contributed by atoms with Gasteiger partial charge in [-0.25, -0.2) is 0 Å². The summed E-state index contributed by atoms with van der Waals surface area (Å²) in [6.45, 7) is 6.03. The number of Topliss-reactive ketones (excluding diaryl/α,β-unsaturated/α-hetero) is 1. The molecule has 3 nitrogen and oxygen atoms in total. The topological polar surface area (TPSA) is 35.5 Å². The number of rotatable bonds is 14. The molecule has 0 unspecified atom stereocenters. The molecule has 0 atom stereocenters. The Morgan fingerprint density at radius 1 is 1.00 bits per heavy atom. The zero-order valence-corrected chi connectivity index (χ0v) is 16.2. The molecular formula is C22H34O3. The van der Waals surface area contributed by atoms with Crippen molar-refractivity contribution in [3.8, 4) is 11.5 Å². The fourth-order valence-electron chi connectivity index (χ4n) is 3.15. The van der Waals surface area contributed by atoms with Crippen LogP contribution >= 0.6 is 0 Å². The molecule has 1 aromatic carbocycles. The van der Waals surface area contributed by atoms with Crippen LogP contribution in [0.25, 0.3) is 0 Å². The molecule has 0 aliphatic carbocycles. The van der Waals surface area contributed by atoms with E-state index < -0.39 is 0 Å². The van der Waals surface area contributed by atoms with Crippen molar-refractivity contribution in [3.63, 3.8) is 0 Å². The lowest BCUT2D eigenvalue weighted by atomic mass is 9.96. The molecule has 0 aromatic heterocycles. The third kappa shape index (κ3) is 6.93. The predicted molar refractivity (Wildman–Crippen MR) is 105 cm³/mol. The summed E-state index contributed by atoms with van der Waals surface area (Å²) in [5.74, 6) is 1.48. The van der Waals surface area contributed by atoms with Crippen molar-refractivity contribution in [3.05, 3.63) is 35.9 Å². The summed E-state index contributed by atoms with van der Waals surface area (Å²) in [7, 11) is 3.22. The van der Waals surface area contributed by atoms with Gasteiger partial charge in [-0.2, -0.15) is 0 Å². The van der Waals surface area contributed by atoms with Crippen molar-refractivity contribution < 1.29 is 14.3 Å². The van der Waals surface area contributed by atoms with Crippen LogP contribution in [-0.4, -0.2) is 20.0 Å². The average molecular weight is 347 g/mol. The largest absolute Gasteiger partial charge is 0.493 e. The van der Waals surface area contributed by atoms with Crippen LogP contribution in [0, 0.1) is 0 Å². The van der Waals surface area contributed by atoms with E-state index >= 15 is 0 Å². The summed E-state index contributed by atoms with van der Waals surface area (Å²) in [6.07, 6.45) is 12.9. The number of allylic oxidation sites excluding steroid dienone is 1. The van der Waals surface area contributed by atoms with Crippen molar-refractivity contribution >= 4 is 5.78 Å². The van der Waals surface area contributed by atoms with Gasteiger partial charge in [-0.15, -0.1) is 6.58 Å². The third-order valence-corrected chi connectivity index (χ3v) is 4.55. The Hall–Kier alpha value is -1.77. The van der Waals surface area contributed by atoms with Crippen molar-refractivity contribution in [2.75, 3.05) is 14.2 Å². The Morgan fingerprint density at radius 3 is 2.20 bits per heavy atom. The number of ketones is 1. The number of hydrogen-bond donors (Lipinski definition) is 0. The Bertz CT molecular complexity index is 534. The quantitative estimate of drug-likeness (QED) is 0.230. The highest BCUT2D eigenvalue weighted by Crippen LogP contribution is 2.34. The summed E-state index contributed by atoms with van der Waals surface area (Å²) in [4.78, 5) is 12.7. The Balaban J connectivity index is 2.58. The second kappa shape index (κ2) is 12.6. The van der Waals surface area contributed by atoms with Crippen molar-refractivity contribution in [2.45, 2.75) is 71.1 Å². The van der Waals surface area contributed by atoms with Gasteiger partial charge in [0.15, 0.2) is 17.3 Å². The lowest BCUT2D eigenvalue weighted by molar-refractivity contribution is 0.0978. The zero-order chi connectivity index (χ0) is 18.5. The molecule has 0 saturated heterocycles. The molecule has 0 aliphatic heterocycles. The molecule has 0 fully saturated rings. The maximum Gasteiger partial charge on any atom is 0.164 e. The monoisotopic (exact) mass is 346 g/mol. The summed E-state index contributed by atoms with van der Waals surface area (Å²) >= 11 is 0. The zero-order valence-electron chi connectivity index (χ0n) is 16.2. The minimum atomic E-state index is 0.184. The minimum absolute atomic E-state index is 0.184. The van der Waals surface area contributed by atoms with E-state index in [0.717, 1.165) is 24.0 Å². The fraction of sp³-hybridized carbons (Fsp3) is 0.591. The molecule has 0 amide bonds. The number of ether oxygens (including phenoxy) is 2. The van der Waals surface area contributed by atoms with Gasteiger partial charge in [-0.05, 0) is 25.0 Å². The van der Waals surface area contributed by atoms with Crippen molar-refractivity contribution in [1.82, 2.24) is 0 Å². The number of benzene rings is 1. The first-order valence-electron chi connectivity index (χ1n) is 9.57. The molecule has 0 aliphatic rings. The van der Waals surface area contributed by atoms with Crippen LogP contribution in [0.5, 0.6) is 11.5 Å². The van der Waals surface area contributed by atoms with Crippen LogP contribution < -0.4 is 9.47 Å². The highest BCUT2D eigenvalue weighted by molar-refractivity contribution is 5.98. The maximum atomic E-state index is 12.7. The molecule has 0 saturated carbocycles. The van der Waals surface area contributed by atoms with E-state index in [0.29, 0.717) is 24.3 Å². The molecule has 0 N–H and O–H groups in total. The molecule has 0 heterocycles. The van der Waals surface area contributed by atoms with Crippen LogP contribution in [0.3, 0.4) is 0 Å². The van der Waals surface area contributed by atoms with Crippen molar-refractivity contribution in [2.24, 2.45) is 0 Å². The van der Waals surface area contributed by atoms with Crippen LogP contribution in [0.1, 0.15) is 80.6 Å². The Kier molecular flexibility index (Phi) is 10.7. The van der Waals surface area contributed by atoms with Gasteiger partial charge < -0.3 is 9.47 Å². The lowest BCUT2D eigenvalue weighted by Gasteiger charge is -2.15. The molecule has 0 radical (unpaired) electrons. The van der Waals surface area contributed by atoms with E-state index in [-0.39, 0.29) is 5.78 Å².